The predicted octanol–water partition coefficient (Wildman–Crippen LogP) is 5.57. The van der Waals surface area contributed by atoms with Crippen molar-refractivity contribution in [2.24, 2.45) is 0 Å². The zero-order valence-electron chi connectivity index (χ0n) is 14.4. The number of alkyl halides is 3. The number of carbonyl (C=O) groups excluding carboxylic acids is 1. The Hall–Kier alpha value is -2.36. The molecule has 140 valence electrons. The van der Waals surface area contributed by atoms with Gasteiger partial charge >= 0.3 is 6.18 Å². The largest absolute Gasteiger partial charge is 0.416 e. The first kappa shape index (κ1) is 19.4. The van der Waals surface area contributed by atoms with Crippen molar-refractivity contribution in [1.29, 1.82) is 0 Å². The highest BCUT2D eigenvalue weighted by atomic mass is 127. The number of amides is 1. The Kier molecular flexibility index (Phi) is 5.27. The van der Waals surface area contributed by atoms with Crippen molar-refractivity contribution >= 4 is 34.2 Å². The van der Waals surface area contributed by atoms with Crippen molar-refractivity contribution in [2.75, 3.05) is 5.32 Å². The fourth-order valence-electron chi connectivity index (χ4n) is 2.50. The van der Waals surface area contributed by atoms with Crippen LogP contribution in [0.2, 0.25) is 0 Å². The smallest absolute Gasteiger partial charge is 0.342 e. The van der Waals surface area contributed by atoms with Crippen LogP contribution in [0.15, 0.2) is 42.6 Å². The Morgan fingerprint density at radius 3 is 2.48 bits per heavy atom. The zero-order valence-corrected chi connectivity index (χ0v) is 16.6. The lowest BCUT2D eigenvalue weighted by atomic mass is 10.1. The predicted molar refractivity (Wildman–Crippen MR) is 106 cm³/mol. The summed E-state index contributed by atoms with van der Waals surface area (Å²) in [7, 11) is 0. The highest BCUT2D eigenvalue weighted by Crippen LogP contribution is 2.34. The topological polar surface area (TPSA) is 57.8 Å². The molecule has 3 aromatic rings. The molecule has 8 heteroatoms. The molecule has 2 aromatic carbocycles. The second-order valence-corrected chi connectivity index (χ2v) is 7.29. The molecule has 0 aliphatic heterocycles. The summed E-state index contributed by atoms with van der Waals surface area (Å²) in [5.74, 6) is -0.173. The fourth-order valence-corrected chi connectivity index (χ4v) is 3.01. The van der Waals surface area contributed by atoms with Crippen LogP contribution in [0.5, 0.6) is 0 Å². The van der Waals surface area contributed by atoms with Crippen molar-refractivity contribution in [3.8, 4) is 11.4 Å². The average Bonchev–Trinajstić information content (AvgIpc) is 3.02. The first-order chi connectivity index (χ1) is 12.6. The van der Waals surface area contributed by atoms with Crippen LogP contribution in [0.4, 0.5) is 18.9 Å². The number of H-pyrrole nitrogens is 1. The summed E-state index contributed by atoms with van der Waals surface area (Å²) in [5.41, 5.74) is 1.55. The first-order valence-electron chi connectivity index (χ1n) is 7.95. The second kappa shape index (κ2) is 7.34. The van der Waals surface area contributed by atoms with Gasteiger partial charge in [-0.15, -0.1) is 0 Å². The van der Waals surface area contributed by atoms with Gasteiger partial charge < -0.3 is 10.3 Å². The highest BCUT2D eigenvalue weighted by molar-refractivity contribution is 14.1. The van der Waals surface area contributed by atoms with E-state index in [2.05, 4.69) is 37.9 Å². The second-order valence-electron chi connectivity index (χ2n) is 6.13. The average molecular weight is 485 g/mol. The maximum atomic E-state index is 13.3. The monoisotopic (exact) mass is 485 g/mol. The van der Waals surface area contributed by atoms with E-state index in [9.17, 15) is 18.0 Å². The number of halogens is 4. The molecule has 0 unspecified atom stereocenters. The molecular formula is C19H15F3IN3O. The number of benzene rings is 2. The van der Waals surface area contributed by atoms with Crippen molar-refractivity contribution < 1.29 is 18.0 Å². The summed E-state index contributed by atoms with van der Waals surface area (Å²) in [4.78, 5) is 19.4. The van der Waals surface area contributed by atoms with E-state index in [0.717, 1.165) is 27.0 Å². The Labute approximate surface area is 167 Å². The number of imidazole rings is 1. The number of aryl methyl sites for hydroxylation is 2. The van der Waals surface area contributed by atoms with Gasteiger partial charge in [-0.2, -0.15) is 13.2 Å². The van der Waals surface area contributed by atoms with Crippen LogP contribution in [0.25, 0.3) is 11.4 Å². The lowest BCUT2D eigenvalue weighted by molar-refractivity contribution is -0.137. The third kappa shape index (κ3) is 4.49. The van der Waals surface area contributed by atoms with Crippen molar-refractivity contribution in [1.82, 2.24) is 9.97 Å². The normalized spacial score (nSPS) is 11.5. The molecule has 0 fully saturated rings. The molecule has 27 heavy (non-hydrogen) atoms. The molecule has 1 heterocycles. The van der Waals surface area contributed by atoms with Crippen LogP contribution in [-0.4, -0.2) is 15.9 Å². The van der Waals surface area contributed by atoms with Gasteiger partial charge in [-0.25, -0.2) is 4.98 Å². The number of rotatable bonds is 3. The van der Waals surface area contributed by atoms with Gasteiger partial charge in [-0.05, 0) is 72.3 Å². The lowest BCUT2D eigenvalue weighted by Crippen LogP contribution is -2.14. The molecule has 0 atom stereocenters. The van der Waals surface area contributed by atoms with Gasteiger partial charge in [0.05, 0.1) is 5.56 Å². The molecule has 0 bridgehead atoms. The van der Waals surface area contributed by atoms with Gasteiger partial charge in [-0.1, -0.05) is 6.07 Å². The molecule has 0 aliphatic carbocycles. The minimum Gasteiger partial charge on any atom is -0.342 e. The number of carbonyl (C=O) groups is 1. The third-order valence-electron chi connectivity index (χ3n) is 3.93. The molecule has 1 aromatic heterocycles. The van der Waals surface area contributed by atoms with E-state index >= 15 is 0 Å². The van der Waals surface area contributed by atoms with Crippen molar-refractivity contribution in [2.45, 2.75) is 20.0 Å². The van der Waals surface area contributed by atoms with Gasteiger partial charge in [-0.3, -0.25) is 4.79 Å². The van der Waals surface area contributed by atoms with E-state index in [-0.39, 0.29) is 11.3 Å². The Bertz CT molecular complexity index is 1010. The quantitative estimate of drug-likeness (QED) is 0.477. The Morgan fingerprint density at radius 1 is 1.15 bits per heavy atom. The molecule has 4 nitrogen and oxygen atoms in total. The van der Waals surface area contributed by atoms with Crippen LogP contribution in [0.1, 0.15) is 27.2 Å². The summed E-state index contributed by atoms with van der Waals surface area (Å²) in [6.45, 7) is 3.67. The summed E-state index contributed by atoms with van der Waals surface area (Å²) >= 11 is 2.10. The highest BCUT2D eigenvalue weighted by Gasteiger charge is 2.31. The first-order valence-corrected chi connectivity index (χ1v) is 9.03. The number of aromatic amines is 1. The van der Waals surface area contributed by atoms with Crippen molar-refractivity contribution in [3.05, 3.63) is 68.5 Å². The van der Waals surface area contributed by atoms with Crippen LogP contribution in [0, 0.1) is 17.4 Å². The van der Waals surface area contributed by atoms with Crippen LogP contribution >= 0.6 is 22.6 Å². The van der Waals surface area contributed by atoms with E-state index in [4.69, 9.17) is 0 Å². The zero-order chi connectivity index (χ0) is 19.8. The summed E-state index contributed by atoms with van der Waals surface area (Å²) < 4.78 is 40.7. The van der Waals surface area contributed by atoms with Crippen molar-refractivity contribution in [3.63, 3.8) is 0 Å². The standard InChI is InChI=1S/C19H15F3IN3O/c1-10-3-4-12(7-16(10)23)18(27)26-15-6-13(17-24-9-11(2)25-17)5-14(8-15)19(20,21)22/h3-9H,1-2H3,(H,24,25)(H,26,27). The molecule has 0 saturated heterocycles. The molecule has 0 aliphatic rings. The number of nitrogens with zero attached hydrogens (tertiary/aromatic N) is 1. The number of anilines is 1. The van der Waals surface area contributed by atoms with Crippen LogP contribution in [0.3, 0.4) is 0 Å². The molecule has 2 N–H and O–H groups in total. The fraction of sp³-hybridized carbons (Fsp3) is 0.158. The Balaban J connectivity index is 1.98. The Morgan fingerprint density at radius 2 is 1.89 bits per heavy atom. The molecule has 0 spiro atoms. The number of hydrogen-bond acceptors (Lipinski definition) is 2. The van der Waals surface area contributed by atoms with Gasteiger partial charge in [0, 0.05) is 32.3 Å². The number of nitrogens with one attached hydrogen (secondary N) is 2. The molecule has 0 radical (unpaired) electrons. The van der Waals surface area contributed by atoms with Gasteiger partial charge in [0.1, 0.15) is 5.82 Å². The van der Waals surface area contributed by atoms with E-state index in [1.807, 2.05) is 6.92 Å². The molecular weight excluding hydrogens is 470 g/mol. The molecule has 0 saturated carbocycles. The maximum Gasteiger partial charge on any atom is 0.416 e. The SMILES string of the molecule is Cc1cnc(-c2cc(NC(=O)c3ccc(C)c(I)c3)cc(C(F)(F)F)c2)[nH]1. The minimum atomic E-state index is -4.55. The molecule has 1 amide bonds. The van der Waals surface area contributed by atoms with E-state index in [0.29, 0.717) is 11.4 Å². The van der Waals surface area contributed by atoms with Gasteiger partial charge in [0.25, 0.3) is 5.91 Å². The third-order valence-corrected chi connectivity index (χ3v) is 5.09. The van der Waals surface area contributed by atoms with E-state index < -0.39 is 17.6 Å². The lowest BCUT2D eigenvalue weighted by Gasteiger charge is -2.13. The van der Waals surface area contributed by atoms with Crippen LogP contribution < -0.4 is 5.32 Å². The molecule has 3 rings (SSSR count). The van der Waals surface area contributed by atoms with Crippen LogP contribution in [-0.2, 0) is 6.18 Å². The summed E-state index contributed by atoms with van der Waals surface area (Å²) in [6.07, 6.45) is -3.02. The maximum absolute atomic E-state index is 13.3. The minimum absolute atomic E-state index is 0.0504. The van der Waals surface area contributed by atoms with E-state index in [1.54, 1.807) is 25.1 Å². The number of aromatic nitrogens is 2. The van der Waals surface area contributed by atoms with Gasteiger partial charge in [0.15, 0.2) is 0 Å². The van der Waals surface area contributed by atoms with E-state index in [1.165, 1.54) is 12.3 Å². The number of hydrogen-bond donors (Lipinski definition) is 2. The summed E-state index contributed by atoms with van der Waals surface area (Å²) in [5, 5.41) is 2.55. The van der Waals surface area contributed by atoms with Gasteiger partial charge in [0.2, 0.25) is 0 Å². The summed E-state index contributed by atoms with van der Waals surface area (Å²) in [6, 6.07) is 8.50.